The SMILES string of the molecule is CC(C)Sc1ccccc1C(=O)NCc1cccc(NC(=O)C2CCCC2)c1. The number of amides is 2. The summed E-state index contributed by atoms with van der Waals surface area (Å²) in [4.78, 5) is 26.0. The van der Waals surface area contributed by atoms with Gasteiger partial charge >= 0.3 is 0 Å². The molecule has 148 valence electrons. The van der Waals surface area contributed by atoms with E-state index in [1.165, 1.54) is 0 Å². The molecule has 2 aromatic rings. The Hall–Kier alpha value is -2.27. The molecule has 0 spiro atoms. The first-order valence-electron chi connectivity index (χ1n) is 9.96. The van der Waals surface area contributed by atoms with E-state index in [2.05, 4.69) is 24.5 Å². The van der Waals surface area contributed by atoms with Gasteiger partial charge < -0.3 is 10.6 Å². The molecule has 2 aromatic carbocycles. The van der Waals surface area contributed by atoms with E-state index in [0.29, 0.717) is 17.4 Å². The van der Waals surface area contributed by atoms with Crippen LogP contribution in [0.25, 0.3) is 0 Å². The maximum atomic E-state index is 12.7. The Morgan fingerprint density at radius 1 is 1.07 bits per heavy atom. The van der Waals surface area contributed by atoms with Gasteiger partial charge in [0.05, 0.1) is 5.56 Å². The van der Waals surface area contributed by atoms with Gasteiger partial charge in [-0.25, -0.2) is 0 Å². The van der Waals surface area contributed by atoms with Crippen LogP contribution in [0.5, 0.6) is 0 Å². The molecule has 2 amide bonds. The van der Waals surface area contributed by atoms with Crippen LogP contribution in [0.4, 0.5) is 5.69 Å². The van der Waals surface area contributed by atoms with Gasteiger partial charge in [0, 0.05) is 28.3 Å². The predicted molar refractivity (Wildman–Crippen MR) is 116 cm³/mol. The van der Waals surface area contributed by atoms with Crippen LogP contribution in [-0.4, -0.2) is 17.1 Å². The first-order chi connectivity index (χ1) is 13.5. The molecule has 0 aromatic heterocycles. The number of rotatable bonds is 7. The molecule has 5 heteroatoms. The van der Waals surface area contributed by atoms with Crippen LogP contribution in [-0.2, 0) is 11.3 Å². The molecule has 1 aliphatic carbocycles. The Morgan fingerprint density at radius 3 is 2.57 bits per heavy atom. The third-order valence-electron chi connectivity index (χ3n) is 4.87. The highest BCUT2D eigenvalue weighted by Gasteiger charge is 2.22. The van der Waals surface area contributed by atoms with E-state index in [-0.39, 0.29) is 17.7 Å². The van der Waals surface area contributed by atoms with Crippen molar-refractivity contribution in [2.45, 2.75) is 56.2 Å². The van der Waals surface area contributed by atoms with Crippen molar-refractivity contribution < 1.29 is 9.59 Å². The maximum absolute atomic E-state index is 12.7. The van der Waals surface area contributed by atoms with Crippen LogP contribution < -0.4 is 10.6 Å². The molecule has 2 N–H and O–H groups in total. The van der Waals surface area contributed by atoms with Crippen LogP contribution in [0, 0.1) is 5.92 Å². The lowest BCUT2D eigenvalue weighted by molar-refractivity contribution is -0.119. The molecule has 0 heterocycles. The summed E-state index contributed by atoms with van der Waals surface area (Å²) >= 11 is 1.69. The third kappa shape index (κ3) is 5.61. The lowest BCUT2D eigenvalue weighted by atomic mass is 10.1. The highest BCUT2D eigenvalue weighted by Crippen LogP contribution is 2.27. The number of carbonyl (C=O) groups is 2. The van der Waals surface area contributed by atoms with Crippen molar-refractivity contribution in [1.29, 1.82) is 0 Å². The molecule has 0 atom stereocenters. The molecular weight excluding hydrogens is 368 g/mol. The van der Waals surface area contributed by atoms with E-state index in [4.69, 9.17) is 0 Å². The molecule has 0 saturated heterocycles. The zero-order valence-electron chi connectivity index (χ0n) is 16.5. The van der Waals surface area contributed by atoms with Gasteiger partial charge in [0.25, 0.3) is 5.91 Å². The minimum atomic E-state index is -0.0795. The number of benzene rings is 2. The fourth-order valence-corrected chi connectivity index (χ4v) is 4.43. The standard InChI is InChI=1S/C23H28N2O2S/c1-16(2)28-21-13-6-5-12-20(21)23(27)24-15-17-8-7-11-19(14-17)25-22(26)18-9-3-4-10-18/h5-8,11-14,16,18H,3-4,9-10,15H2,1-2H3,(H,24,27)(H,25,26). The molecular formula is C23H28N2O2S. The van der Waals surface area contributed by atoms with Gasteiger partial charge in [0.1, 0.15) is 0 Å². The van der Waals surface area contributed by atoms with Crippen molar-refractivity contribution >= 4 is 29.3 Å². The topological polar surface area (TPSA) is 58.2 Å². The van der Waals surface area contributed by atoms with Gasteiger partial charge in [-0.05, 0) is 42.7 Å². The van der Waals surface area contributed by atoms with E-state index in [0.717, 1.165) is 41.8 Å². The molecule has 0 aliphatic heterocycles. The van der Waals surface area contributed by atoms with Gasteiger partial charge in [-0.1, -0.05) is 51.0 Å². The zero-order chi connectivity index (χ0) is 19.9. The van der Waals surface area contributed by atoms with E-state index < -0.39 is 0 Å². The summed E-state index contributed by atoms with van der Waals surface area (Å²) in [5.74, 6) is 0.167. The van der Waals surface area contributed by atoms with Crippen molar-refractivity contribution in [2.75, 3.05) is 5.32 Å². The van der Waals surface area contributed by atoms with Gasteiger partial charge in [-0.2, -0.15) is 0 Å². The molecule has 0 unspecified atom stereocenters. The summed E-state index contributed by atoms with van der Waals surface area (Å²) in [6.45, 7) is 4.65. The maximum Gasteiger partial charge on any atom is 0.252 e. The monoisotopic (exact) mass is 396 g/mol. The fraction of sp³-hybridized carbons (Fsp3) is 0.391. The van der Waals surface area contributed by atoms with Crippen LogP contribution in [0.15, 0.2) is 53.4 Å². The van der Waals surface area contributed by atoms with Crippen molar-refractivity contribution in [3.63, 3.8) is 0 Å². The Labute approximate surface area is 171 Å². The van der Waals surface area contributed by atoms with Crippen molar-refractivity contribution in [2.24, 2.45) is 5.92 Å². The Kier molecular flexibility index (Phi) is 7.15. The van der Waals surface area contributed by atoms with Gasteiger partial charge in [0.15, 0.2) is 0 Å². The fourth-order valence-electron chi connectivity index (χ4n) is 3.48. The van der Waals surface area contributed by atoms with E-state index in [1.807, 2.05) is 48.5 Å². The van der Waals surface area contributed by atoms with Crippen LogP contribution in [0.1, 0.15) is 55.5 Å². The first kappa shape index (κ1) is 20.5. The molecule has 1 fully saturated rings. The van der Waals surface area contributed by atoms with Gasteiger partial charge in [-0.15, -0.1) is 11.8 Å². The molecule has 4 nitrogen and oxygen atoms in total. The van der Waals surface area contributed by atoms with Crippen LogP contribution >= 0.6 is 11.8 Å². The number of hydrogen-bond acceptors (Lipinski definition) is 3. The van der Waals surface area contributed by atoms with Crippen molar-refractivity contribution in [1.82, 2.24) is 5.32 Å². The highest BCUT2D eigenvalue weighted by atomic mass is 32.2. The number of carbonyl (C=O) groups excluding carboxylic acids is 2. The molecule has 28 heavy (non-hydrogen) atoms. The largest absolute Gasteiger partial charge is 0.348 e. The summed E-state index contributed by atoms with van der Waals surface area (Å²) in [7, 11) is 0. The average Bonchev–Trinajstić information content (AvgIpc) is 3.21. The van der Waals surface area contributed by atoms with Gasteiger partial charge in [0.2, 0.25) is 5.91 Å². The van der Waals surface area contributed by atoms with Crippen molar-refractivity contribution in [3.8, 4) is 0 Å². The average molecular weight is 397 g/mol. The quantitative estimate of drug-likeness (QED) is 0.629. The lowest BCUT2D eigenvalue weighted by Gasteiger charge is -2.13. The minimum absolute atomic E-state index is 0.0795. The Bertz CT molecular complexity index is 829. The second kappa shape index (κ2) is 9.78. The number of nitrogens with one attached hydrogen (secondary N) is 2. The molecule has 0 radical (unpaired) electrons. The smallest absolute Gasteiger partial charge is 0.252 e. The number of thioether (sulfide) groups is 1. The second-order valence-corrected chi connectivity index (χ2v) is 9.13. The van der Waals surface area contributed by atoms with Gasteiger partial charge in [-0.3, -0.25) is 9.59 Å². The van der Waals surface area contributed by atoms with Crippen molar-refractivity contribution in [3.05, 3.63) is 59.7 Å². The number of anilines is 1. The lowest BCUT2D eigenvalue weighted by Crippen LogP contribution is -2.24. The summed E-state index contributed by atoms with van der Waals surface area (Å²) in [6, 6.07) is 15.4. The summed E-state index contributed by atoms with van der Waals surface area (Å²) in [5, 5.41) is 6.43. The minimum Gasteiger partial charge on any atom is -0.348 e. The summed E-state index contributed by atoms with van der Waals surface area (Å²) in [6.07, 6.45) is 4.24. The molecule has 1 aliphatic rings. The molecule has 1 saturated carbocycles. The van der Waals surface area contributed by atoms with E-state index in [9.17, 15) is 9.59 Å². The summed E-state index contributed by atoms with van der Waals surface area (Å²) in [5.41, 5.74) is 2.46. The Morgan fingerprint density at radius 2 is 1.82 bits per heavy atom. The Balaban J connectivity index is 1.60. The normalized spacial score (nSPS) is 14.2. The highest BCUT2D eigenvalue weighted by molar-refractivity contribution is 8.00. The number of hydrogen-bond donors (Lipinski definition) is 2. The third-order valence-corrected chi connectivity index (χ3v) is 5.95. The predicted octanol–water partition coefficient (Wildman–Crippen LogP) is 5.25. The second-order valence-electron chi connectivity index (χ2n) is 7.52. The zero-order valence-corrected chi connectivity index (χ0v) is 17.4. The molecule has 3 rings (SSSR count). The van der Waals surface area contributed by atoms with Crippen LogP contribution in [0.3, 0.4) is 0 Å². The van der Waals surface area contributed by atoms with Crippen LogP contribution in [0.2, 0.25) is 0 Å². The van der Waals surface area contributed by atoms with E-state index >= 15 is 0 Å². The first-order valence-corrected chi connectivity index (χ1v) is 10.8. The summed E-state index contributed by atoms with van der Waals surface area (Å²) < 4.78 is 0. The van der Waals surface area contributed by atoms with E-state index in [1.54, 1.807) is 11.8 Å². The molecule has 0 bridgehead atoms.